The van der Waals surface area contributed by atoms with Gasteiger partial charge in [-0.1, -0.05) is 23.9 Å². The summed E-state index contributed by atoms with van der Waals surface area (Å²) in [5, 5.41) is 8.81. The van der Waals surface area contributed by atoms with Crippen molar-refractivity contribution in [2.45, 2.75) is 36.6 Å². The molecule has 0 aliphatic heterocycles. The van der Waals surface area contributed by atoms with Crippen LogP contribution in [0.1, 0.15) is 26.2 Å². The highest BCUT2D eigenvalue weighted by atomic mass is 32.2. The van der Waals surface area contributed by atoms with Gasteiger partial charge in [0, 0.05) is 36.5 Å². The van der Waals surface area contributed by atoms with Crippen molar-refractivity contribution in [3.63, 3.8) is 0 Å². The normalized spacial score (nSPS) is 15.8. The molecule has 2 rings (SSSR count). The number of thiazole rings is 1. The van der Waals surface area contributed by atoms with E-state index in [2.05, 4.69) is 39.7 Å². The molecule has 1 aromatic heterocycles. The van der Waals surface area contributed by atoms with E-state index in [9.17, 15) is 0 Å². The van der Waals surface area contributed by atoms with Gasteiger partial charge in [0.05, 0.1) is 0 Å². The zero-order valence-corrected chi connectivity index (χ0v) is 13.5. The van der Waals surface area contributed by atoms with Crippen LogP contribution in [0.3, 0.4) is 0 Å². The minimum atomic E-state index is 0.512. The van der Waals surface area contributed by atoms with Gasteiger partial charge in [-0.3, -0.25) is 4.99 Å². The summed E-state index contributed by atoms with van der Waals surface area (Å²) in [5.41, 5.74) is 0. The fourth-order valence-electron chi connectivity index (χ4n) is 1.94. The standard InChI is InChI=1S/C14H22N4S2/c1-2-15-13(18-12-6-3-4-7-12)16-8-5-10-19-14-17-9-11-20-14/h3-4,9,11-12H,2,5-8,10H2,1H3,(H2,15,16,18). The maximum absolute atomic E-state index is 4.63. The molecular weight excluding hydrogens is 288 g/mol. The van der Waals surface area contributed by atoms with Gasteiger partial charge in [-0.15, -0.1) is 11.3 Å². The molecule has 20 heavy (non-hydrogen) atoms. The van der Waals surface area contributed by atoms with Gasteiger partial charge in [0.25, 0.3) is 0 Å². The van der Waals surface area contributed by atoms with E-state index in [4.69, 9.17) is 0 Å². The third kappa shape index (κ3) is 5.54. The van der Waals surface area contributed by atoms with Crippen LogP contribution in [-0.2, 0) is 0 Å². The van der Waals surface area contributed by atoms with Crippen molar-refractivity contribution in [1.29, 1.82) is 0 Å². The average molecular weight is 310 g/mol. The van der Waals surface area contributed by atoms with E-state index in [0.717, 1.165) is 48.4 Å². The number of hydrogen-bond acceptors (Lipinski definition) is 4. The van der Waals surface area contributed by atoms with Gasteiger partial charge in [-0.25, -0.2) is 4.98 Å². The third-order valence-electron chi connectivity index (χ3n) is 2.90. The lowest BCUT2D eigenvalue weighted by atomic mass is 10.2. The second-order valence-electron chi connectivity index (χ2n) is 4.54. The topological polar surface area (TPSA) is 49.3 Å². The molecule has 0 saturated carbocycles. The molecule has 2 N–H and O–H groups in total. The summed E-state index contributed by atoms with van der Waals surface area (Å²) in [6, 6.07) is 0.512. The van der Waals surface area contributed by atoms with E-state index in [1.165, 1.54) is 0 Å². The summed E-state index contributed by atoms with van der Waals surface area (Å²) in [7, 11) is 0. The molecule has 0 radical (unpaired) electrons. The van der Waals surface area contributed by atoms with Crippen molar-refractivity contribution in [2.24, 2.45) is 4.99 Å². The number of nitrogens with one attached hydrogen (secondary N) is 2. The Morgan fingerprint density at radius 2 is 2.35 bits per heavy atom. The monoisotopic (exact) mass is 310 g/mol. The number of rotatable bonds is 7. The molecule has 6 heteroatoms. The number of guanidine groups is 1. The van der Waals surface area contributed by atoms with Gasteiger partial charge < -0.3 is 10.6 Å². The first-order valence-corrected chi connectivity index (χ1v) is 8.97. The highest BCUT2D eigenvalue weighted by molar-refractivity contribution is 8.00. The Hall–Kier alpha value is -1.01. The minimum absolute atomic E-state index is 0.512. The highest BCUT2D eigenvalue weighted by Crippen LogP contribution is 2.20. The highest BCUT2D eigenvalue weighted by Gasteiger charge is 2.11. The van der Waals surface area contributed by atoms with Crippen LogP contribution >= 0.6 is 23.1 Å². The Morgan fingerprint density at radius 1 is 1.50 bits per heavy atom. The van der Waals surface area contributed by atoms with Crippen molar-refractivity contribution < 1.29 is 0 Å². The van der Waals surface area contributed by atoms with Crippen molar-refractivity contribution in [2.75, 3.05) is 18.8 Å². The van der Waals surface area contributed by atoms with Crippen LogP contribution in [0.15, 0.2) is 33.1 Å². The van der Waals surface area contributed by atoms with Gasteiger partial charge in [-0.2, -0.15) is 0 Å². The minimum Gasteiger partial charge on any atom is -0.357 e. The molecule has 1 aliphatic carbocycles. The van der Waals surface area contributed by atoms with Crippen LogP contribution in [0, 0.1) is 0 Å². The molecule has 0 amide bonds. The molecule has 1 aliphatic rings. The van der Waals surface area contributed by atoms with Crippen LogP contribution in [0.25, 0.3) is 0 Å². The molecule has 0 unspecified atom stereocenters. The van der Waals surface area contributed by atoms with Crippen molar-refractivity contribution in [3.05, 3.63) is 23.7 Å². The molecule has 110 valence electrons. The fraction of sp³-hybridized carbons (Fsp3) is 0.571. The first kappa shape index (κ1) is 15.4. The molecule has 0 fully saturated rings. The Labute approximate surface area is 129 Å². The van der Waals surface area contributed by atoms with Crippen molar-refractivity contribution in [3.8, 4) is 0 Å². The third-order valence-corrected chi connectivity index (χ3v) is 4.95. The van der Waals surface area contributed by atoms with Crippen LogP contribution < -0.4 is 10.6 Å². The lowest BCUT2D eigenvalue weighted by Crippen LogP contribution is -2.42. The SMILES string of the molecule is CCNC(=NCCCSc1nccs1)NC1CC=CC1. The summed E-state index contributed by atoms with van der Waals surface area (Å²) in [4.78, 5) is 8.89. The smallest absolute Gasteiger partial charge is 0.191 e. The van der Waals surface area contributed by atoms with Gasteiger partial charge in [0.1, 0.15) is 4.34 Å². The Bertz CT molecular complexity index is 420. The lowest BCUT2D eigenvalue weighted by Gasteiger charge is -2.16. The molecule has 0 aromatic carbocycles. The number of aromatic nitrogens is 1. The van der Waals surface area contributed by atoms with E-state index in [1.54, 1.807) is 11.3 Å². The van der Waals surface area contributed by atoms with Gasteiger partial charge >= 0.3 is 0 Å². The zero-order valence-electron chi connectivity index (χ0n) is 11.8. The maximum Gasteiger partial charge on any atom is 0.191 e. The quantitative estimate of drug-likeness (QED) is 0.267. The molecule has 0 spiro atoms. The molecule has 1 heterocycles. The Balaban J connectivity index is 1.65. The number of nitrogens with zero attached hydrogens (tertiary/aromatic N) is 2. The number of aliphatic imine (C=N–C) groups is 1. The zero-order chi connectivity index (χ0) is 14.0. The first-order valence-electron chi connectivity index (χ1n) is 7.10. The molecular formula is C14H22N4S2. The lowest BCUT2D eigenvalue weighted by molar-refractivity contribution is 0.633. The average Bonchev–Trinajstić information content (AvgIpc) is 3.11. The second kappa shape index (κ2) is 9.02. The molecule has 4 nitrogen and oxygen atoms in total. The largest absolute Gasteiger partial charge is 0.357 e. The van der Waals surface area contributed by atoms with E-state index in [1.807, 2.05) is 23.3 Å². The maximum atomic E-state index is 4.63. The molecule has 0 atom stereocenters. The Kier molecular flexibility index (Phi) is 6.94. The van der Waals surface area contributed by atoms with E-state index < -0.39 is 0 Å². The van der Waals surface area contributed by atoms with Gasteiger partial charge in [0.2, 0.25) is 0 Å². The fourth-order valence-corrected chi connectivity index (χ4v) is 3.58. The number of hydrogen-bond donors (Lipinski definition) is 2. The molecule has 1 aromatic rings. The Morgan fingerprint density at radius 3 is 3.05 bits per heavy atom. The van der Waals surface area contributed by atoms with Gasteiger partial charge in [-0.05, 0) is 26.2 Å². The predicted octanol–water partition coefficient (Wildman–Crippen LogP) is 2.90. The van der Waals surface area contributed by atoms with Crippen molar-refractivity contribution in [1.82, 2.24) is 15.6 Å². The second-order valence-corrected chi connectivity index (χ2v) is 6.78. The van der Waals surface area contributed by atoms with Crippen molar-refractivity contribution >= 4 is 29.1 Å². The summed E-state index contributed by atoms with van der Waals surface area (Å²) < 4.78 is 1.15. The predicted molar refractivity (Wildman–Crippen MR) is 88.7 cm³/mol. The number of thioether (sulfide) groups is 1. The summed E-state index contributed by atoms with van der Waals surface area (Å²) in [6.07, 6.45) is 9.59. The van der Waals surface area contributed by atoms with E-state index in [0.29, 0.717) is 6.04 Å². The first-order chi connectivity index (χ1) is 9.88. The summed E-state index contributed by atoms with van der Waals surface area (Å²) >= 11 is 3.51. The summed E-state index contributed by atoms with van der Waals surface area (Å²) in [6.45, 7) is 3.86. The van der Waals surface area contributed by atoms with E-state index >= 15 is 0 Å². The van der Waals surface area contributed by atoms with Crippen LogP contribution in [0.5, 0.6) is 0 Å². The summed E-state index contributed by atoms with van der Waals surface area (Å²) in [5.74, 6) is 2.02. The molecule has 0 bridgehead atoms. The van der Waals surface area contributed by atoms with E-state index in [-0.39, 0.29) is 0 Å². The molecule has 0 saturated heterocycles. The van der Waals surface area contributed by atoms with Crippen LogP contribution in [0.2, 0.25) is 0 Å². The van der Waals surface area contributed by atoms with Crippen LogP contribution in [0.4, 0.5) is 0 Å². The van der Waals surface area contributed by atoms with Crippen LogP contribution in [-0.4, -0.2) is 35.8 Å². The van der Waals surface area contributed by atoms with Gasteiger partial charge in [0.15, 0.2) is 5.96 Å².